The van der Waals surface area contributed by atoms with E-state index in [1.807, 2.05) is 23.0 Å². The number of nitrogens with two attached hydrogens (primary N) is 1. The van der Waals surface area contributed by atoms with Crippen LogP contribution in [0.1, 0.15) is 32.2 Å². The molecule has 86 valence electrons. The Morgan fingerprint density at radius 3 is 2.75 bits per heavy atom. The first-order chi connectivity index (χ1) is 7.50. The second-order valence-electron chi connectivity index (χ2n) is 5.06. The van der Waals surface area contributed by atoms with Crippen molar-refractivity contribution in [1.29, 1.82) is 0 Å². The van der Waals surface area contributed by atoms with Gasteiger partial charge in [0.1, 0.15) is 12.0 Å². The molecule has 2 aromatic rings. The van der Waals surface area contributed by atoms with Gasteiger partial charge in [-0.1, -0.05) is 20.8 Å². The second kappa shape index (κ2) is 3.87. The third-order valence-corrected chi connectivity index (χ3v) is 2.57. The van der Waals surface area contributed by atoms with Crippen molar-refractivity contribution in [2.24, 2.45) is 5.73 Å². The Hall–Kier alpha value is -1.42. The van der Waals surface area contributed by atoms with E-state index in [1.54, 1.807) is 0 Å². The summed E-state index contributed by atoms with van der Waals surface area (Å²) in [5.41, 5.74) is 8.61. The fourth-order valence-electron chi connectivity index (χ4n) is 1.62. The summed E-state index contributed by atoms with van der Waals surface area (Å²) in [4.78, 5) is 8.96. The van der Waals surface area contributed by atoms with Crippen molar-refractivity contribution in [2.45, 2.75) is 32.6 Å². The molecule has 4 heteroatoms. The highest BCUT2D eigenvalue weighted by molar-refractivity contribution is 5.42. The molecule has 2 rings (SSSR count). The highest BCUT2D eigenvalue weighted by Gasteiger charge is 2.16. The SMILES string of the molecule is CC(C)(C)c1cc2nc(CCN)cn2cn1. The normalized spacial score (nSPS) is 12.2. The van der Waals surface area contributed by atoms with Crippen LogP contribution in [0.2, 0.25) is 0 Å². The van der Waals surface area contributed by atoms with E-state index >= 15 is 0 Å². The lowest BCUT2D eigenvalue weighted by molar-refractivity contribution is 0.567. The van der Waals surface area contributed by atoms with E-state index in [0.29, 0.717) is 6.54 Å². The summed E-state index contributed by atoms with van der Waals surface area (Å²) in [6.45, 7) is 7.07. The summed E-state index contributed by atoms with van der Waals surface area (Å²) in [6, 6.07) is 2.04. The standard InChI is InChI=1S/C12H18N4/c1-12(2,3)10-6-11-15-9(4-5-13)7-16(11)8-14-10/h6-8H,4-5,13H2,1-3H3. The first-order valence-electron chi connectivity index (χ1n) is 5.55. The lowest BCUT2D eigenvalue weighted by atomic mass is 9.92. The van der Waals surface area contributed by atoms with Gasteiger partial charge in [-0.15, -0.1) is 0 Å². The molecule has 0 fully saturated rings. The zero-order valence-electron chi connectivity index (χ0n) is 10.1. The average Bonchev–Trinajstić information content (AvgIpc) is 2.57. The fraction of sp³-hybridized carbons (Fsp3) is 0.500. The fourth-order valence-corrected chi connectivity index (χ4v) is 1.62. The highest BCUT2D eigenvalue weighted by atomic mass is 15.0. The highest BCUT2D eigenvalue weighted by Crippen LogP contribution is 2.20. The van der Waals surface area contributed by atoms with Gasteiger partial charge in [0.15, 0.2) is 0 Å². The smallest absolute Gasteiger partial charge is 0.140 e. The molecule has 0 aromatic carbocycles. The van der Waals surface area contributed by atoms with Crippen molar-refractivity contribution in [3.8, 4) is 0 Å². The zero-order valence-corrected chi connectivity index (χ0v) is 10.1. The summed E-state index contributed by atoms with van der Waals surface area (Å²) in [6.07, 6.45) is 4.62. The van der Waals surface area contributed by atoms with E-state index in [1.165, 1.54) is 0 Å². The van der Waals surface area contributed by atoms with Crippen LogP contribution >= 0.6 is 0 Å². The van der Waals surface area contributed by atoms with Crippen LogP contribution in [0, 0.1) is 0 Å². The van der Waals surface area contributed by atoms with Crippen molar-refractivity contribution < 1.29 is 0 Å². The van der Waals surface area contributed by atoms with Crippen LogP contribution in [-0.4, -0.2) is 20.9 Å². The summed E-state index contributed by atoms with van der Waals surface area (Å²) < 4.78 is 1.94. The van der Waals surface area contributed by atoms with Crippen LogP contribution in [0.4, 0.5) is 0 Å². The molecule has 0 radical (unpaired) electrons. The molecule has 0 unspecified atom stereocenters. The maximum absolute atomic E-state index is 5.52. The van der Waals surface area contributed by atoms with Gasteiger partial charge in [-0.25, -0.2) is 9.97 Å². The summed E-state index contributed by atoms with van der Waals surface area (Å²) in [5, 5.41) is 0. The van der Waals surface area contributed by atoms with Crippen LogP contribution in [0.5, 0.6) is 0 Å². The molecular formula is C12H18N4. The Kier molecular flexibility index (Phi) is 2.68. The molecule has 4 nitrogen and oxygen atoms in total. The van der Waals surface area contributed by atoms with Crippen molar-refractivity contribution in [3.63, 3.8) is 0 Å². The van der Waals surface area contributed by atoms with Crippen molar-refractivity contribution in [1.82, 2.24) is 14.4 Å². The molecule has 0 aliphatic rings. The Labute approximate surface area is 95.5 Å². The molecule has 2 N–H and O–H groups in total. The lowest BCUT2D eigenvalue weighted by Gasteiger charge is -2.16. The number of hydrogen-bond acceptors (Lipinski definition) is 3. The third kappa shape index (κ3) is 2.07. The van der Waals surface area contributed by atoms with E-state index in [-0.39, 0.29) is 5.41 Å². The average molecular weight is 218 g/mol. The van der Waals surface area contributed by atoms with E-state index in [9.17, 15) is 0 Å². The van der Waals surface area contributed by atoms with Crippen molar-refractivity contribution >= 4 is 5.65 Å². The zero-order chi connectivity index (χ0) is 11.8. The maximum atomic E-state index is 5.52. The minimum absolute atomic E-state index is 0.0573. The number of imidazole rings is 1. The van der Waals surface area contributed by atoms with E-state index in [4.69, 9.17) is 5.73 Å². The van der Waals surface area contributed by atoms with Gasteiger partial charge >= 0.3 is 0 Å². The summed E-state index contributed by atoms with van der Waals surface area (Å²) in [7, 11) is 0. The quantitative estimate of drug-likeness (QED) is 0.831. The minimum atomic E-state index is 0.0573. The van der Waals surface area contributed by atoms with Crippen molar-refractivity contribution in [2.75, 3.05) is 6.54 Å². The van der Waals surface area contributed by atoms with E-state index in [2.05, 4.69) is 30.7 Å². The van der Waals surface area contributed by atoms with Gasteiger partial charge in [-0.2, -0.15) is 0 Å². The summed E-state index contributed by atoms with van der Waals surface area (Å²) >= 11 is 0. The number of rotatable bonds is 2. The topological polar surface area (TPSA) is 56.2 Å². The van der Waals surface area contributed by atoms with Crippen LogP contribution in [0.25, 0.3) is 5.65 Å². The van der Waals surface area contributed by atoms with Crippen LogP contribution in [0.3, 0.4) is 0 Å². The Morgan fingerprint density at radius 2 is 2.12 bits per heavy atom. The number of hydrogen-bond donors (Lipinski definition) is 1. The molecule has 2 heterocycles. The predicted molar refractivity (Wildman–Crippen MR) is 64.4 cm³/mol. The van der Waals surface area contributed by atoms with Crippen LogP contribution in [0.15, 0.2) is 18.6 Å². The van der Waals surface area contributed by atoms with Crippen LogP contribution < -0.4 is 5.73 Å². The Morgan fingerprint density at radius 1 is 1.38 bits per heavy atom. The first-order valence-corrected chi connectivity index (χ1v) is 5.55. The predicted octanol–water partition coefficient (Wildman–Crippen LogP) is 1.53. The largest absolute Gasteiger partial charge is 0.330 e. The molecule has 0 spiro atoms. The Bertz CT molecular complexity index is 493. The molecule has 0 atom stereocenters. The molecule has 16 heavy (non-hydrogen) atoms. The second-order valence-corrected chi connectivity index (χ2v) is 5.06. The number of fused-ring (bicyclic) bond motifs is 1. The lowest BCUT2D eigenvalue weighted by Crippen LogP contribution is -2.13. The first kappa shape index (κ1) is 11.1. The number of aromatic nitrogens is 3. The number of nitrogens with zero attached hydrogens (tertiary/aromatic N) is 3. The minimum Gasteiger partial charge on any atom is -0.330 e. The molecule has 2 aromatic heterocycles. The van der Waals surface area contributed by atoms with Gasteiger partial charge in [0, 0.05) is 24.1 Å². The maximum Gasteiger partial charge on any atom is 0.140 e. The van der Waals surface area contributed by atoms with Gasteiger partial charge in [0.25, 0.3) is 0 Å². The van der Waals surface area contributed by atoms with Crippen molar-refractivity contribution in [3.05, 3.63) is 30.0 Å². The van der Waals surface area contributed by atoms with Crippen LogP contribution in [-0.2, 0) is 11.8 Å². The van der Waals surface area contributed by atoms with Gasteiger partial charge in [-0.05, 0) is 6.54 Å². The van der Waals surface area contributed by atoms with Gasteiger partial charge in [-0.3, -0.25) is 4.40 Å². The van der Waals surface area contributed by atoms with Gasteiger partial charge in [0.2, 0.25) is 0 Å². The third-order valence-electron chi connectivity index (χ3n) is 2.57. The van der Waals surface area contributed by atoms with E-state index in [0.717, 1.165) is 23.5 Å². The molecule has 0 bridgehead atoms. The molecular weight excluding hydrogens is 200 g/mol. The molecule has 0 amide bonds. The molecule has 0 aliphatic carbocycles. The van der Waals surface area contributed by atoms with E-state index < -0.39 is 0 Å². The molecule has 0 saturated carbocycles. The molecule has 0 aliphatic heterocycles. The Balaban J connectivity index is 2.46. The van der Waals surface area contributed by atoms with Gasteiger partial charge in [0.05, 0.1) is 11.4 Å². The molecule has 0 saturated heterocycles. The monoisotopic (exact) mass is 218 g/mol. The summed E-state index contributed by atoms with van der Waals surface area (Å²) in [5.74, 6) is 0. The van der Waals surface area contributed by atoms with Gasteiger partial charge < -0.3 is 5.73 Å².